The van der Waals surface area contributed by atoms with Gasteiger partial charge in [0.15, 0.2) is 5.82 Å². The monoisotopic (exact) mass is 344 g/mol. The predicted octanol–water partition coefficient (Wildman–Crippen LogP) is 4.95. The molecular weight excluding hydrogens is 328 g/mol. The molecule has 0 fully saturated rings. The van der Waals surface area contributed by atoms with Gasteiger partial charge < -0.3 is 0 Å². The van der Waals surface area contributed by atoms with Crippen molar-refractivity contribution in [2.75, 3.05) is 0 Å². The molecule has 0 amide bonds. The average Bonchev–Trinajstić information content (AvgIpc) is 3.01. The van der Waals surface area contributed by atoms with Crippen LogP contribution >= 0.6 is 12.2 Å². The van der Waals surface area contributed by atoms with Crippen molar-refractivity contribution in [2.24, 2.45) is 5.10 Å². The molecule has 4 aromatic rings. The van der Waals surface area contributed by atoms with Crippen molar-refractivity contribution >= 4 is 29.2 Å². The molecule has 0 saturated carbocycles. The van der Waals surface area contributed by atoms with Gasteiger partial charge in [0.2, 0.25) is 4.77 Å². The van der Waals surface area contributed by atoms with Crippen molar-refractivity contribution in [2.45, 2.75) is 6.92 Å². The highest BCUT2D eigenvalue weighted by atomic mass is 32.1. The molecule has 0 spiro atoms. The molecule has 0 unspecified atom stereocenters. The molecule has 5 heteroatoms. The van der Waals surface area contributed by atoms with Crippen molar-refractivity contribution in [1.29, 1.82) is 0 Å². The van der Waals surface area contributed by atoms with E-state index in [1.807, 2.05) is 54.7 Å². The number of nitrogens with zero attached hydrogens (tertiary/aromatic N) is 3. The molecular formula is C20H16N4S. The molecule has 0 aliphatic heterocycles. The molecule has 25 heavy (non-hydrogen) atoms. The maximum atomic E-state index is 5.34. The first-order valence-electron chi connectivity index (χ1n) is 7.99. The zero-order valence-electron chi connectivity index (χ0n) is 13.7. The number of H-pyrrole nitrogens is 1. The molecule has 0 aliphatic rings. The van der Waals surface area contributed by atoms with Crippen molar-refractivity contribution in [3.8, 4) is 11.4 Å². The largest absolute Gasteiger partial charge is 0.250 e. The van der Waals surface area contributed by atoms with Crippen molar-refractivity contribution in [3.05, 3.63) is 82.6 Å². The van der Waals surface area contributed by atoms with Crippen LogP contribution in [0.3, 0.4) is 0 Å². The molecule has 0 radical (unpaired) electrons. The van der Waals surface area contributed by atoms with Gasteiger partial charge in [0, 0.05) is 11.1 Å². The molecule has 0 aliphatic carbocycles. The van der Waals surface area contributed by atoms with E-state index in [4.69, 9.17) is 12.2 Å². The van der Waals surface area contributed by atoms with E-state index in [1.165, 1.54) is 10.9 Å². The number of nitrogens with one attached hydrogen (secondary N) is 1. The fraction of sp³-hybridized carbons (Fsp3) is 0.0500. The third-order valence-corrected chi connectivity index (χ3v) is 4.36. The average molecular weight is 344 g/mol. The summed E-state index contributed by atoms with van der Waals surface area (Å²) in [6, 6.07) is 22.5. The van der Waals surface area contributed by atoms with Crippen LogP contribution in [0.4, 0.5) is 0 Å². The van der Waals surface area contributed by atoms with Gasteiger partial charge in [-0.15, -0.1) is 0 Å². The highest BCUT2D eigenvalue weighted by Gasteiger charge is 2.08. The summed E-state index contributed by atoms with van der Waals surface area (Å²) >= 11 is 5.34. The van der Waals surface area contributed by atoms with Crippen LogP contribution in [0.1, 0.15) is 11.1 Å². The molecule has 0 bridgehead atoms. The van der Waals surface area contributed by atoms with E-state index in [-0.39, 0.29) is 0 Å². The molecule has 0 saturated heterocycles. The number of aromatic amines is 1. The second-order valence-electron chi connectivity index (χ2n) is 5.84. The summed E-state index contributed by atoms with van der Waals surface area (Å²) in [5.41, 5.74) is 3.20. The second kappa shape index (κ2) is 6.45. The van der Waals surface area contributed by atoms with E-state index in [0.29, 0.717) is 10.6 Å². The van der Waals surface area contributed by atoms with E-state index >= 15 is 0 Å². The van der Waals surface area contributed by atoms with Gasteiger partial charge in [-0.25, -0.2) is 5.10 Å². The van der Waals surface area contributed by atoms with Crippen LogP contribution < -0.4 is 0 Å². The summed E-state index contributed by atoms with van der Waals surface area (Å²) in [5, 5.41) is 14.1. The van der Waals surface area contributed by atoms with Crippen molar-refractivity contribution in [1.82, 2.24) is 14.9 Å². The lowest BCUT2D eigenvalue weighted by molar-refractivity contribution is 0.872. The standard InChI is InChI=1S/C20H16N4S/c1-14-9-11-16(12-10-14)19-22-23-20(25)24(19)21-13-17-7-4-6-15-5-2-3-8-18(15)17/h2-13H,1H3,(H,23,25)/b21-13+. The van der Waals surface area contributed by atoms with Crippen LogP contribution in [-0.4, -0.2) is 21.1 Å². The van der Waals surface area contributed by atoms with Crippen LogP contribution in [0.15, 0.2) is 71.8 Å². The van der Waals surface area contributed by atoms with Crippen LogP contribution in [0, 0.1) is 11.7 Å². The first-order chi connectivity index (χ1) is 12.2. The van der Waals surface area contributed by atoms with Gasteiger partial charge in [0.1, 0.15) is 0 Å². The Morgan fingerprint density at radius 2 is 1.76 bits per heavy atom. The lowest BCUT2D eigenvalue weighted by Crippen LogP contribution is -1.95. The molecule has 122 valence electrons. The number of hydrogen-bond acceptors (Lipinski definition) is 3. The number of aryl methyl sites for hydroxylation is 1. The van der Waals surface area contributed by atoms with Crippen LogP contribution in [-0.2, 0) is 0 Å². The number of hydrogen-bond donors (Lipinski definition) is 1. The van der Waals surface area contributed by atoms with Gasteiger partial charge >= 0.3 is 0 Å². The summed E-state index contributed by atoms with van der Waals surface area (Å²) in [7, 11) is 0. The zero-order chi connectivity index (χ0) is 17.2. The summed E-state index contributed by atoms with van der Waals surface area (Å²) in [6.07, 6.45) is 1.82. The Morgan fingerprint density at radius 3 is 2.60 bits per heavy atom. The van der Waals surface area contributed by atoms with Gasteiger partial charge in [-0.2, -0.15) is 14.9 Å². The van der Waals surface area contributed by atoms with E-state index in [9.17, 15) is 0 Å². The van der Waals surface area contributed by atoms with Crippen molar-refractivity contribution < 1.29 is 0 Å². The van der Waals surface area contributed by atoms with E-state index < -0.39 is 0 Å². The highest BCUT2D eigenvalue weighted by molar-refractivity contribution is 7.71. The Balaban J connectivity index is 1.78. The Kier molecular flexibility index (Phi) is 3.99. The van der Waals surface area contributed by atoms with E-state index in [2.05, 4.69) is 40.4 Å². The van der Waals surface area contributed by atoms with Crippen LogP contribution in [0.25, 0.3) is 22.2 Å². The van der Waals surface area contributed by atoms with Gasteiger partial charge in [-0.3, -0.25) is 0 Å². The summed E-state index contributed by atoms with van der Waals surface area (Å²) in [4.78, 5) is 0. The zero-order valence-corrected chi connectivity index (χ0v) is 14.5. The lowest BCUT2D eigenvalue weighted by atomic mass is 10.1. The van der Waals surface area contributed by atoms with Crippen LogP contribution in [0.5, 0.6) is 0 Å². The summed E-state index contributed by atoms with van der Waals surface area (Å²) < 4.78 is 2.12. The molecule has 4 rings (SSSR count). The Morgan fingerprint density at radius 1 is 1.00 bits per heavy atom. The normalized spacial score (nSPS) is 11.4. The second-order valence-corrected chi connectivity index (χ2v) is 6.23. The molecule has 0 atom stereocenters. The third-order valence-electron chi connectivity index (χ3n) is 4.10. The van der Waals surface area contributed by atoms with Crippen LogP contribution in [0.2, 0.25) is 0 Å². The maximum Gasteiger partial charge on any atom is 0.216 e. The minimum atomic E-state index is 0.465. The van der Waals surface area contributed by atoms with E-state index in [0.717, 1.165) is 16.5 Å². The molecule has 1 N–H and O–H groups in total. The third kappa shape index (κ3) is 3.02. The smallest absolute Gasteiger partial charge is 0.216 e. The topological polar surface area (TPSA) is 46.0 Å². The first kappa shape index (κ1) is 15.5. The van der Waals surface area contributed by atoms with Crippen molar-refractivity contribution in [3.63, 3.8) is 0 Å². The minimum Gasteiger partial charge on any atom is -0.250 e. The fourth-order valence-corrected chi connectivity index (χ4v) is 2.95. The molecule has 3 aromatic carbocycles. The number of rotatable bonds is 3. The van der Waals surface area contributed by atoms with Gasteiger partial charge in [-0.1, -0.05) is 72.3 Å². The quantitative estimate of drug-likeness (QED) is 0.422. The Bertz CT molecular complexity index is 1120. The SMILES string of the molecule is Cc1ccc(-c2n[nH]c(=S)n2/N=C/c2cccc3ccccc23)cc1. The molecule has 1 heterocycles. The molecule has 1 aromatic heterocycles. The highest BCUT2D eigenvalue weighted by Crippen LogP contribution is 2.19. The lowest BCUT2D eigenvalue weighted by Gasteiger charge is -2.03. The molecule has 4 nitrogen and oxygen atoms in total. The maximum absolute atomic E-state index is 5.34. The number of benzene rings is 3. The number of fused-ring (bicyclic) bond motifs is 1. The number of aromatic nitrogens is 3. The Labute approximate surface area is 150 Å². The van der Waals surface area contributed by atoms with Gasteiger partial charge in [0.25, 0.3) is 0 Å². The predicted molar refractivity (Wildman–Crippen MR) is 105 cm³/mol. The van der Waals surface area contributed by atoms with Gasteiger partial charge in [-0.05, 0) is 29.9 Å². The van der Waals surface area contributed by atoms with Gasteiger partial charge in [0.05, 0.1) is 6.21 Å². The van der Waals surface area contributed by atoms with E-state index in [1.54, 1.807) is 4.68 Å². The fourth-order valence-electron chi connectivity index (χ4n) is 2.77. The first-order valence-corrected chi connectivity index (χ1v) is 8.40. The summed E-state index contributed by atoms with van der Waals surface area (Å²) in [5.74, 6) is 0.696. The summed E-state index contributed by atoms with van der Waals surface area (Å²) in [6.45, 7) is 2.06. The minimum absolute atomic E-state index is 0.465. The Hall–Kier alpha value is -3.05.